The first-order valence-electron chi connectivity index (χ1n) is 12.4. The fourth-order valence-electron chi connectivity index (χ4n) is 5.22. The summed E-state index contributed by atoms with van der Waals surface area (Å²) in [7, 11) is 3.06. The van der Waals surface area contributed by atoms with Gasteiger partial charge in [-0.3, -0.25) is 4.98 Å². The molecule has 2 aromatic carbocycles. The number of carbonyl (C=O) groups is 1. The van der Waals surface area contributed by atoms with Crippen molar-refractivity contribution in [3.63, 3.8) is 0 Å². The van der Waals surface area contributed by atoms with Crippen molar-refractivity contribution in [2.75, 3.05) is 14.2 Å². The van der Waals surface area contributed by atoms with E-state index in [2.05, 4.69) is 51.8 Å². The van der Waals surface area contributed by atoms with Crippen molar-refractivity contribution < 1.29 is 14.3 Å². The van der Waals surface area contributed by atoms with Crippen molar-refractivity contribution in [3.05, 3.63) is 113 Å². The van der Waals surface area contributed by atoms with E-state index >= 15 is 0 Å². The third kappa shape index (κ3) is 4.75. The van der Waals surface area contributed by atoms with Gasteiger partial charge in [-0.15, -0.1) is 0 Å². The third-order valence-electron chi connectivity index (χ3n) is 7.02. The van der Waals surface area contributed by atoms with Crippen LogP contribution in [-0.4, -0.2) is 39.8 Å². The molecule has 1 N–H and O–H groups in total. The number of esters is 1. The number of thiocarbonyl (C=S) groups is 1. The molecule has 0 aliphatic carbocycles. The summed E-state index contributed by atoms with van der Waals surface area (Å²) >= 11 is 5.88. The quantitative estimate of drug-likeness (QED) is 0.253. The Bertz CT molecular complexity index is 1470. The van der Waals surface area contributed by atoms with Gasteiger partial charge < -0.3 is 24.3 Å². The summed E-state index contributed by atoms with van der Waals surface area (Å²) in [5, 5.41) is 4.22. The highest BCUT2D eigenvalue weighted by Gasteiger charge is 2.41. The molecule has 3 heterocycles. The van der Waals surface area contributed by atoms with Crippen LogP contribution in [-0.2, 0) is 11.3 Å². The number of carbonyl (C=O) groups excluding carboxylic acids is 1. The molecule has 1 aliphatic heterocycles. The number of hydrogen-bond donors (Lipinski definition) is 1. The zero-order valence-corrected chi connectivity index (χ0v) is 22.7. The first-order valence-corrected chi connectivity index (χ1v) is 12.8. The van der Waals surface area contributed by atoms with E-state index in [0.717, 1.165) is 39.6 Å². The topological polar surface area (TPSA) is 68.6 Å². The van der Waals surface area contributed by atoms with Crippen molar-refractivity contribution in [1.29, 1.82) is 0 Å². The summed E-state index contributed by atoms with van der Waals surface area (Å²) in [6.07, 6.45) is 1.81. The number of hydrogen-bond acceptors (Lipinski definition) is 5. The predicted molar refractivity (Wildman–Crippen MR) is 151 cm³/mol. The Morgan fingerprint density at radius 2 is 1.82 bits per heavy atom. The molecule has 8 heteroatoms. The zero-order valence-electron chi connectivity index (χ0n) is 21.8. The van der Waals surface area contributed by atoms with Crippen molar-refractivity contribution in [1.82, 2.24) is 19.8 Å². The van der Waals surface area contributed by atoms with Crippen LogP contribution in [0.5, 0.6) is 5.75 Å². The lowest BCUT2D eigenvalue weighted by Crippen LogP contribution is -2.29. The normalized spacial score (nSPS) is 16.8. The van der Waals surface area contributed by atoms with Crippen LogP contribution in [0.1, 0.15) is 50.7 Å². The molecule has 2 atom stereocenters. The van der Waals surface area contributed by atoms with Crippen LogP contribution in [0.15, 0.2) is 79.0 Å². The molecule has 0 unspecified atom stereocenters. The molecule has 0 amide bonds. The zero-order chi connectivity index (χ0) is 26.8. The van der Waals surface area contributed by atoms with Gasteiger partial charge in [0.15, 0.2) is 5.11 Å². The Morgan fingerprint density at radius 3 is 2.50 bits per heavy atom. The highest BCUT2D eigenvalue weighted by Crippen LogP contribution is 2.42. The van der Waals surface area contributed by atoms with E-state index in [0.29, 0.717) is 17.2 Å². The lowest BCUT2D eigenvalue weighted by atomic mass is 9.96. The van der Waals surface area contributed by atoms with Gasteiger partial charge in [0, 0.05) is 29.8 Å². The van der Waals surface area contributed by atoms with Gasteiger partial charge in [0.25, 0.3) is 0 Å². The molecule has 2 aromatic heterocycles. The average molecular weight is 527 g/mol. The maximum Gasteiger partial charge on any atom is 0.337 e. The van der Waals surface area contributed by atoms with E-state index in [4.69, 9.17) is 21.7 Å². The van der Waals surface area contributed by atoms with E-state index in [1.165, 1.54) is 7.11 Å². The van der Waals surface area contributed by atoms with Crippen LogP contribution < -0.4 is 10.1 Å². The molecule has 7 nitrogen and oxygen atoms in total. The first kappa shape index (κ1) is 25.5. The summed E-state index contributed by atoms with van der Waals surface area (Å²) < 4.78 is 12.5. The lowest BCUT2D eigenvalue weighted by Gasteiger charge is -2.28. The summed E-state index contributed by atoms with van der Waals surface area (Å²) in [4.78, 5) is 19.1. The lowest BCUT2D eigenvalue weighted by molar-refractivity contribution is 0.0600. The number of methoxy groups -OCH3 is 2. The number of nitrogens with zero attached hydrogens (tertiary/aromatic N) is 3. The van der Waals surface area contributed by atoms with E-state index in [1.807, 2.05) is 54.7 Å². The van der Waals surface area contributed by atoms with Crippen LogP contribution in [0, 0.1) is 13.8 Å². The van der Waals surface area contributed by atoms with E-state index in [1.54, 1.807) is 13.2 Å². The second-order valence-corrected chi connectivity index (χ2v) is 9.69. The molecular weight excluding hydrogens is 496 g/mol. The second-order valence-electron chi connectivity index (χ2n) is 9.31. The second kappa shape index (κ2) is 10.7. The molecule has 0 spiro atoms. The molecule has 1 saturated heterocycles. The van der Waals surface area contributed by atoms with Crippen molar-refractivity contribution in [2.45, 2.75) is 32.5 Å². The molecule has 4 aromatic rings. The van der Waals surface area contributed by atoms with Gasteiger partial charge in [0.05, 0.1) is 37.6 Å². The molecule has 1 fully saturated rings. The summed E-state index contributed by atoms with van der Waals surface area (Å²) in [5.74, 6) is 0.456. The number of rotatable bonds is 7. The number of nitrogens with one attached hydrogen (secondary N) is 1. The fourth-order valence-corrected chi connectivity index (χ4v) is 5.52. The molecule has 0 bridgehead atoms. The van der Waals surface area contributed by atoms with Gasteiger partial charge in [-0.25, -0.2) is 4.79 Å². The molecule has 0 radical (unpaired) electrons. The maximum absolute atomic E-state index is 12.2. The van der Waals surface area contributed by atoms with Gasteiger partial charge in [-0.05, 0) is 85.7 Å². The van der Waals surface area contributed by atoms with Crippen LogP contribution in [0.25, 0.3) is 5.69 Å². The van der Waals surface area contributed by atoms with Crippen LogP contribution in [0.2, 0.25) is 0 Å². The van der Waals surface area contributed by atoms with Crippen LogP contribution in [0.4, 0.5) is 0 Å². The molecular formula is C30H30N4O3S. The first-order chi connectivity index (χ1) is 18.4. The SMILES string of the molecule is COC(=O)c1cccc(-n2c(C)cc([C@@H]3[C@@H](c4ccccn4)NC(=S)N3Cc3ccc(OC)cc3)c2C)c1. The Hall–Kier alpha value is -4.17. The van der Waals surface area contributed by atoms with E-state index < -0.39 is 0 Å². The minimum Gasteiger partial charge on any atom is -0.497 e. The smallest absolute Gasteiger partial charge is 0.337 e. The minimum atomic E-state index is -0.360. The molecule has 0 saturated carbocycles. The van der Waals surface area contributed by atoms with Gasteiger partial charge in [-0.2, -0.15) is 0 Å². The number of aromatic nitrogens is 2. The predicted octanol–water partition coefficient (Wildman–Crippen LogP) is 5.46. The largest absolute Gasteiger partial charge is 0.497 e. The summed E-state index contributed by atoms with van der Waals surface area (Å²) in [6, 6.07) is 23.5. The highest BCUT2D eigenvalue weighted by atomic mass is 32.1. The van der Waals surface area contributed by atoms with Crippen LogP contribution in [0.3, 0.4) is 0 Å². The fraction of sp³-hybridized carbons (Fsp3) is 0.233. The van der Waals surface area contributed by atoms with Crippen molar-refractivity contribution in [3.8, 4) is 11.4 Å². The summed E-state index contributed by atoms with van der Waals surface area (Å²) in [6.45, 7) is 4.81. The van der Waals surface area contributed by atoms with Crippen molar-refractivity contribution in [2.24, 2.45) is 0 Å². The monoisotopic (exact) mass is 526 g/mol. The molecule has 38 heavy (non-hydrogen) atoms. The van der Waals surface area contributed by atoms with Gasteiger partial charge in [-0.1, -0.05) is 24.3 Å². The minimum absolute atomic E-state index is 0.0942. The van der Waals surface area contributed by atoms with Gasteiger partial charge in [0.1, 0.15) is 5.75 Å². The van der Waals surface area contributed by atoms with Gasteiger partial charge >= 0.3 is 5.97 Å². The van der Waals surface area contributed by atoms with Crippen molar-refractivity contribution >= 4 is 23.3 Å². The number of pyridine rings is 1. The molecule has 1 aliphatic rings. The Morgan fingerprint density at radius 1 is 1.03 bits per heavy atom. The average Bonchev–Trinajstić information content (AvgIpc) is 3.43. The molecule has 5 rings (SSSR count). The molecule has 194 valence electrons. The van der Waals surface area contributed by atoms with E-state index in [9.17, 15) is 4.79 Å². The van der Waals surface area contributed by atoms with Crippen LogP contribution >= 0.6 is 12.2 Å². The number of aryl methyl sites for hydroxylation is 1. The van der Waals surface area contributed by atoms with Gasteiger partial charge in [0.2, 0.25) is 0 Å². The summed E-state index contributed by atoms with van der Waals surface area (Å²) in [5.41, 5.74) is 6.73. The third-order valence-corrected chi connectivity index (χ3v) is 7.38. The highest BCUT2D eigenvalue weighted by molar-refractivity contribution is 7.80. The maximum atomic E-state index is 12.2. The Kier molecular flexibility index (Phi) is 7.15. The Labute approximate surface area is 228 Å². The van der Waals surface area contributed by atoms with E-state index in [-0.39, 0.29) is 18.1 Å². The number of ether oxygens (including phenoxy) is 2. The standard InChI is InChI=1S/C30H30N4O3S/c1-19-16-25(20(2)34(19)23-9-7-8-22(17-23)29(35)37-4)28-27(26-10-5-6-15-31-26)32-30(38)33(28)18-21-11-13-24(36-3)14-12-21/h5-17,27-28H,18H2,1-4H3,(H,32,38)/t27-,28-/m1/s1. The Balaban J connectivity index is 1.59. The number of benzene rings is 2.